The fourth-order valence-corrected chi connectivity index (χ4v) is 3.01. The van der Waals surface area contributed by atoms with E-state index in [2.05, 4.69) is 24.0 Å². The Morgan fingerprint density at radius 1 is 1.10 bits per heavy atom. The van der Waals surface area contributed by atoms with Gasteiger partial charge in [-0.2, -0.15) is 0 Å². The molecule has 1 atom stereocenters. The number of hydrogen-bond donors (Lipinski definition) is 1. The van der Waals surface area contributed by atoms with Crippen molar-refractivity contribution in [3.8, 4) is 0 Å². The van der Waals surface area contributed by atoms with Gasteiger partial charge >= 0.3 is 0 Å². The van der Waals surface area contributed by atoms with Crippen molar-refractivity contribution in [2.45, 2.75) is 45.1 Å². The van der Waals surface area contributed by atoms with Gasteiger partial charge in [-0.25, -0.2) is 0 Å². The van der Waals surface area contributed by atoms with Gasteiger partial charge in [-0.05, 0) is 62.0 Å². The first-order valence-electron chi connectivity index (χ1n) is 8.18. The molecule has 3 rings (SSSR count). The number of aryl methyl sites for hydroxylation is 1. The molecule has 110 valence electrons. The Morgan fingerprint density at radius 3 is 2.25 bits per heavy atom. The molecule has 1 aromatic carbocycles. The van der Waals surface area contributed by atoms with Crippen molar-refractivity contribution in [1.82, 2.24) is 4.90 Å². The van der Waals surface area contributed by atoms with Gasteiger partial charge in [0.05, 0.1) is 6.10 Å². The minimum absolute atomic E-state index is 0.308. The van der Waals surface area contributed by atoms with Gasteiger partial charge in [0.25, 0.3) is 0 Å². The van der Waals surface area contributed by atoms with Crippen LogP contribution in [0.3, 0.4) is 0 Å². The number of nitrogens with zero attached hydrogens (tertiary/aromatic N) is 1. The van der Waals surface area contributed by atoms with E-state index < -0.39 is 0 Å². The Hall–Kier alpha value is -0.860. The largest absolute Gasteiger partial charge is 0.388 e. The van der Waals surface area contributed by atoms with Gasteiger partial charge in [0.15, 0.2) is 0 Å². The van der Waals surface area contributed by atoms with E-state index in [9.17, 15) is 5.11 Å². The molecule has 0 aliphatic heterocycles. The smallest absolute Gasteiger partial charge is 0.0804 e. The third-order valence-electron chi connectivity index (χ3n) is 4.69. The van der Waals surface area contributed by atoms with E-state index in [4.69, 9.17) is 0 Å². The molecule has 2 aliphatic carbocycles. The second-order valence-corrected chi connectivity index (χ2v) is 6.81. The van der Waals surface area contributed by atoms with E-state index in [1.807, 2.05) is 12.1 Å². The fraction of sp³-hybridized carbons (Fsp3) is 0.667. The summed E-state index contributed by atoms with van der Waals surface area (Å²) in [6.07, 6.45) is 6.23. The zero-order chi connectivity index (χ0) is 13.9. The molecule has 0 saturated heterocycles. The van der Waals surface area contributed by atoms with E-state index in [1.165, 1.54) is 44.3 Å². The highest BCUT2D eigenvalue weighted by Gasteiger charge is 2.29. The van der Waals surface area contributed by atoms with Gasteiger partial charge in [0.2, 0.25) is 0 Å². The molecule has 0 spiro atoms. The van der Waals surface area contributed by atoms with Crippen molar-refractivity contribution in [2.24, 2.45) is 11.8 Å². The first-order chi connectivity index (χ1) is 9.72. The predicted octanol–water partition coefficient (Wildman–Crippen LogP) is 3.54. The molecule has 1 N–H and O–H groups in total. The van der Waals surface area contributed by atoms with Gasteiger partial charge in [-0.15, -0.1) is 0 Å². The number of aliphatic hydroxyl groups is 1. The maximum absolute atomic E-state index is 10.4. The molecular formula is C18H27NO. The molecule has 0 amide bonds. The van der Waals surface area contributed by atoms with E-state index >= 15 is 0 Å². The molecule has 0 aromatic heterocycles. The van der Waals surface area contributed by atoms with Gasteiger partial charge in [-0.3, -0.25) is 0 Å². The highest BCUT2D eigenvalue weighted by molar-refractivity contribution is 5.27. The number of hydrogen-bond acceptors (Lipinski definition) is 2. The summed E-state index contributed by atoms with van der Waals surface area (Å²) < 4.78 is 0. The third-order valence-corrected chi connectivity index (χ3v) is 4.69. The monoisotopic (exact) mass is 273 g/mol. The van der Waals surface area contributed by atoms with Crippen LogP contribution in [-0.2, 0) is 0 Å². The molecule has 0 bridgehead atoms. The molecule has 1 unspecified atom stereocenters. The second-order valence-electron chi connectivity index (χ2n) is 6.81. The summed E-state index contributed by atoms with van der Waals surface area (Å²) in [5.74, 6) is 1.90. The summed E-state index contributed by atoms with van der Waals surface area (Å²) in [6, 6.07) is 8.21. The molecule has 2 saturated carbocycles. The molecule has 2 fully saturated rings. The zero-order valence-corrected chi connectivity index (χ0v) is 12.6. The second kappa shape index (κ2) is 6.28. The lowest BCUT2D eigenvalue weighted by molar-refractivity contribution is 0.137. The minimum Gasteiger partial charge on any atom is -0.388 e. The van der Waals surface area contributed by atoms with Crippen LogP contribution in [0.2, 0.25) is 0 Å². The Morgan fingerprint density at radius 2 is 1.70 bits per heavy atom. The average Bonchev–Trinajstić information content (AvgIpc) is 3.32. The van der Waals surface area contributed by atoms with Gasteiger partial charge in [0.1, 0.15) is 0 Å². The summed E-state index contributed by atoms with van der Waals surface area (Å²) in [6.45, 7) is 5.65. The standard InChI is InChI=1S/C18H27NO/c1-14-4-2-3-5-17(14)18(20)10-11-19(12-15-6-7-15)13-16-8-9-16/h2-5,15-16,18,20H,6-13H2,1H3. The highest BCUT2D eigenvalue weighted by atomic mass is 16.3. The van der Waals surface area contributed by atoms with Crippen LogP contribution in [-0.4, -0.2) is 29.6 Å². The SMILES string of the molecule is Cc1ccccc1C(O)CCN(CC1CC1)CC1CC1. The van der Waals surface area contributed by atoms with Crippen molar-refractivity contribution >= 4 is 0 Å². The Labute approximate surface area is 122 Å². The first kappa shape index (κ1) is 14.1. The minimum atomic E-state index is -0.308. The van der Waals surface area contributed by atoms with Gasteiger partial charge in [0, 0.05) is 19.6 Å². The molecule has 2 nitrogen and oxygen atoms in total. The lowest BCUT2D eigenvalue weighted by atomic mass is 10.0. The van der Waals surface area contributed by atoms with Crippen LogP contribution in [0.15, 0.2) is 24.3 Å². The fourth-order valence-electron chi connectivity index (χ4n) is 3.01. The average molecular weight is 273 g/mol. The van der Waals surface area contributed by atoms with Crippen molar-refractivity contribution in [3.05, 3.63) is 35.4 Å². The molecule has 20 heavy (non-hydrogen) atoms. The predicted molar refractivity (Wildman–Crippen MR) is 82.6 cm³/mol. The summed E-state index contributed by atoms with van der Waals surface area (Å²) in [4.78, 5) is 2.61. The van der Waals surface area contributed by atoms with Gasteiger partial charge < -0.3 is 10.0 Å². The number of rotatable bonds is 8. The molecule has 0 radical (unpaired) electrons. The highest BCUT2D eigenvalue weighted by Crippen LogP contribution is 2.34. The Bertz CT molecular complexity index is 423. The molecule has 2 heteroatoms. The van der Waals surface area contributed by atoms with Gasteiger partial charge in [-0.1, -0.05) is 24.3 Å². The topological polar surface area (TPSA) is 23.5 Å². The van der Waals surface area contributed by atoms with Crippen molar-refractivity contribution < 1.29 is 5.11 Å². The molecule has 0 heterocycles. The summed E-state index contributed by atoms with van der Waals surface area (Å²) >= 11 is 0. The number of benzene rings is 1. The van der Waals surface area contributed by atoms with E-state index in [0.29, 0.717) is 0 Å². The molecular weight excluding hydrogens is 246 g/mol. The molecule has 2 aliphatic rings. The van der Waals surface area contributed by atoms with Crippen LogP contribution in [0.25, 0.3) is 0 Å². The zero-order valence-electron chi connectivity index (χ0n) is 12.6. The van der Waals surface area contributed by atoms with Crippen LogP contribution >= 0.6 is 0 Å². The van der Waals surface area contributed by atoms with E-state index in [1.54, 1.807) is 0 Å². The van der Waals surface area contributed by atoms with Crippen LogP contribution < -0.4 is 0 Å². The summed E-state index contributed by atoms with van der Waals surface area (Å²) in [5, 5.41) is 10.4. The first-order valence-corrected chi connectivity index (χ1v) is 8.18. The van der Waals surface area contributed by atoms with Crippen LogP contribution in [0.5, 0.6) is 0 Å². The lowest BCUT2D eigenvalue weighted by Crippen LogP contribution is -2.30. The Kier molecular flexibility index (Phi) is 4.42. The maximum atomic E-state index is 10.4. The lowest BCUT2D eigenvalue weighted by Gasteiger charge is -2.24. The van der Waals surface area contributed by atoms with Crippen LogP contribution in [0, 0.1) is 18.8 Å². The van der Waals surface area contributed by atoms with Crippen molar-refractivity contribution in [1.29, 1.82) is 0 Å². The number of aliphatic hydroxyl groups excluding tert-OH is 1. The van der Waals surface area contributed by atoms with E-state index in [0.717, 1.165) is 30.4 Å². The van der Waals surface area contributed by atoms with Crippen LogP contribution in [0.1, 0.15) is 49.3 Å². The third kappa shape index (κ3) is 4.07. The molecule has 1 aromatic rings. The van der Waals surface area contributed by atoms with Crippen molar-refractivity contribution in [3.63, 3.8) is 0 Å². The normalized spacial score (nSPS) is 20.4. The maximum Gasteiger partial charge on any atom is 0.0804 e. The summed E-state index contributed by atoms with van der Waals surface area (Å²) in [5.41, 5.74) is 2.31. The van der Waals surface area contributed by atoms with Crippen LogP contribution in [0.4, 0.5) is 0 Å². The Balaban J connectivity index is 1.51. The summed E-state index contributed by atoms with van der Waals surface area (Å²) in [7, 11) is 0. The van der Waals surface area contributed by atoms with Crippen molar-refractivity contribution in [2.75, 3.05) is 19.6 Å². The van der Waals surface area contributed by atoms with E-state index in [-0.39, 0.29) is 6.10 Å². The quantitative estimate of drug-likeness (QED) is 0.783.